The molecule has 106 valence electrons. The van der Waals surface area contributed by atoms with E-state index in [1.54, 1.807) is 16.7 Å². The molecular formula is C15H17NO2S2. The van der Waals surface area contributed by atoms with Gasteiger partial charge in [-0.15, -0.1) is 0 Å². The van der Waals surface area contributed by atoms with Crippen LogP contribution < -0.4 is 0 Å². The van der Waals surface area contributed by atoms with Gasteiger partial charge in [-0.1, -0.05) is 54.3 Å². The van der Waals surface area contributed by atoms with Crippen molar-refractivity contribution < 1.29 is 9.53 Å². The maximum Gasteiger partial charge on any atom is 0.238 e. The molecule has 3 rings (SSSR count). The number of thiocarbonyl (C=S) groups is 1. The molecule has 2 aliphatic heterocycles. The highest BCUT2D eigenvalue weighted by molar-refractivity contribution is 8.23. The molecule has 0 unspecified atom stereocenters. The molecule has 1 aromatic rings. The standard InChI is InChI=1S/C15H17NO2S2/c17-14(16-8-10-20-15(16)19)13(12-7-4-9-18-12)11-5-2-1-3-6-11/h1-3,5-6,12-13H,4,7-10H2/t12-,13-/m1/s1. The smallest absolute Gasteiger partial charge is 0.238 e. The predicted molar refractivity (Wildman–Crippen MR) is 84.9 cm³/mol. The molecule has 0 aliphatic carbocycles. The second-order valence-corrected chi connectivity index (χ2v) is 6.77. The second-order valence-electron chi connectivity index (χ2n) is 5.04. The van der Waals surface area contributed by atoms with E-state index in [1.807, 2.05) is 30.3 Å². The van der Waals surface area contributed by atoms with E-state index in [2.05, 4.69) is 0 Å². The van der Waals surface area contributed by atoms with Crippen LogP contribution >= 0.6 is 24.0 Å². The number of hydrogen-bond acceptors (Lipinski definition) is 4. The van der Waals surface area contributed by atoms with Crippen molar-refractivity contribution in [1.82, 2.24) is 4.90 Å². The van der Waals surface area contributed by atoms with Crippen LogP contribution in [0.2, 0.25) is 0 Å². The third-order valence-electron chi connectivity index (χ3n) is 3.79. The third kappa shape index (κ3) is 2.75. The summed E-state index contributed by atoms with van der Waals surface area (Å²) in [5, 5.41) is 0. The largest absolute Gasteiger partial charge is 0.377 e. The summed E-state index contributed by atoms with van der Waals surface area (Å²) in [4.78, 5) is 14.6. The van der Waals surface area contributed by atoms with E-state index in [4.69, 9.17) is 17.0 Å². The van der Waals surface area contributed by atoms with Gasteiger partial charge in [0.1, 0.15) is 4.32 Å². The molecule has 2 atom stereocenters. The Morgan fingerprint density at radius 3 is 2.80 bits per heavy atom. The van der Waals surface area contributed by atoms with Crippen molar-refractivity contribution in [1.29, 1.82) is 0 Å². The van der Waals surface area contributed by atoms with Crippen LogP contribution in [0.3, 0.4) is 0 Å². The van der Waals surface area contributed by atoms with Gasteiger partial charge in [0.05, 0.1) is 12.0 Å². The molecule has 1 aromatic carbocycles. The van der Waals surface area contributed by atoms with Crippen LogP contribution in [0, 0.1) is 0 Å². The molecule has 0 aromatic heterocycles. The summed E-state index contributed by atoms with van der Waals surface area (Å²) in [7, 11) is 0. The number of hydrogen-bond donors (Lipinski definition) is 0. The molecule has 0 N–H and O–H groups in total. The zero-order chi connectivity index (χ0) is 13.9. The summed E-state index contributed by atoms with van der Waals surface area (Å²) in [6.45, 7) is 1.47. The Balaban J connectivity index is 1.88. The minimum Gasteiger partial charge on any atom is -0.377 e. The summed E-state index contributed by atoms with van der Waals surface area (Å²) in [6, 6.07) is 9.94. The monoisotopic (exact) mass is 307 g/mol. The quantitative estimate of drug-likeness (QED) is 0.803. The normalized spacial score (nSPS) is 24.1. The van der Waals surface area contributed by atoms with E-state index in [1.165, 1.54) is 0 Å². The van der Waals surface area contributed by atoms with Crippen molar-refractivity contribution in [3.63, 3.8) is 0 Å². The van der Waals surface area contributed by atoms with E-state index < -0.39 is 0 Å². The van der Waals surface area contributed by atoms with E-state index in [0.29, 0.717) is 4.32 Å². The molecule has 0 bridgehead atoms. The van der Waals surface area contributed by atoms with Gasteiger partial charge >= 0.3 is 0 Å². The maximum absolute atomic E-state index is 12.9. The number of rotatable bonds is 3. The highest BCUT2D eigenvalue weighted by Crippen LogP contribution is 2.32. The molecular weight excluding hydrogens is 290 g/mol. The number of amides is 1. The van der Waals surface area contributed by atoms with Gasteiger partial charge in [-0.2, -0.15) is 0 Å². The van der Waals surface area contributed by atoms with E-state index >= 15 is 0 Å². The van der Waals surface area contributed by atoms with E-state index in [-0.39, 0.29) is 17.9 Å². The van der Waals surface area contributed by atoms with Gasteiger partial charge in [0.25, 0.3) is 0 Å². The molecule has 0 radical (unpaired) electrons. The van der Waals surface area contributed by atoms with Gasteiger partial charge in [-0.05, 0) is 18.4 Å². The molecule has 5 heteroatoms. The third-order valence-corrected chi connectivity index (χ3v) is 5.22. The average molecular weight is 307 g/mol. The topological polar surface area (TPSA) is 29.5 Å². The van der Waals surface area contributed by atoms with E-state index in [9.17, 15) is 4.79 Å². The molecule has 2 aliphatic rings. The Bertz CT molecular complexity index is 500. The highest BCUT2D eigenvalue weighted by Gasteiger charge is 2.38. The van der Waals surface area contributed by atoms with Crippen LogP contribution in [0.4, 0.5) is 0 Å². The summed E-state index contributed by atoms with van der Waals surface area (Å²) in [5.74, 6) is 0.769. The Morgan fingerprint density at radius 2 is 2.20 bits per heavy atom. The van der Waals surface area contributed by atoms with Crippen molar-refractivity contribution in [2.45, 2.75) is 24.9 Å². The first-order valence-electron chi connectivity index (χ1n) is 6.92. The fraction of sp³-hybridized carbons (Fsp3) is 0.467. The number of ether oxygens (including phenoxy) is 1. The summed E-state index contributed by atoms with van der Waals surface area (Å²) < 4.78 is 6.49. The highest BCUT2D eigenvalue weighted by atomic mass is 32.2. The zero-order valence-corrected chi connectivity index (χ0v) is 12.8. The maximum atomic E-state index is 12.9. The zero-order valence-electron chi connectivity index (χ0n) is 11.2. The number of nitrogens with zero attached hydrogens (tertiary/aromatic N) is 1. The van der Waals surface area contributed by atoms with Crippen molar-refractivity contribution in [2.75, 3.05) is 18.9 Å². The van der Waals surface area contributed by atoms with Crippen molar-refractivity contribution in [3.05, 3.63) is 35.9 Å². The Kier molecular flexibility index (Phi) is 4.38. The van der Waals surface area contributed by atoms with Crippen molar-refractivity contribution in [3.8, 4) is 0 Å². The first-order valence-corrected chi connectivity index (χ1v) is 8.31. The second kappa shape index (κ2) is 6.24. The van der Waals surface area contributed by atoms with Gasteiger partial charge in [0.2, 0.25) is 5.91 Å². The number of thioether (sulfide) groups is 1. The summed E-state index contributed by atoms with van der Waals surface area (Å²) in [5.41, 5.74) is 1.03. The van der Waals surface area contributed by atoms with Crippen LogP contribution in [0.1, 0.15) is 24.3 Å². The molecule has 0 saturated carbocycles. The Morgan fingerprint density at radius 1 is 1.40 bits per heavy atom. The van der Waals surface area contributed by atoms with Crippen molar-refractivity contribution in [2.24, 2.45) is 0 Å². The number of carbonyl (C=O) groups excluding carboxylic acids is 1. The SMILES string of the molecule is O=C([C@H](c1ccccc1)[C@H]1CCCO1)N1CCSC1=S. The van der Waals surface area contributed by atoms with Gasteiger partial charge < -0.3 is 4.74 Å². The lowest BCUT2D eigenvalue weighted by atomic mass is 9.90. The van der Waals surface area contributed by atoms with Gasteiger partial charge in [-0.25, -0.2) is 0 Å². The minimum absolute atomic E-state index is 0.0155. The van der Waals surface area contributed by atoms with Crippen molar-refractivity contribution >= 4 is 34.2 Å². The van der Waals surface area contributed by atoms with Crippen LogP contribution in [-0.4, -0.2) is 40.1 Å². The molecule has 1 amide bonds. The van der Waals surface area contributed by atoms with Crippen LogP contribution in [-0.2, 0) is 9.53 Å². The van der Waals surface area contributed by atoms with Gasteiger partial charge in [0, 0.05) is 18.9 Å². The summed E-state index contributed by atoms with van der Waals surface area (Å²) in [6.07, 6.45) is 1.96. The molecule has 2 fully saturated rings. The molecule has 2 saturated heterocycles. The first-order chi connectivity index (χ1) is 9.77. The lowest BCUT2D eigenvalue weighted by Gasteiger charge is -2.27. The fourth-order valence-corrected chi connectivity index (χ4v) is 4.02. The molecule has 0 spiro atoms. The number of benzene rings is 1. The number of carbonyl (C=O) groups is 1. The molecule has 20 heavy (non-hydrogen) atoms. The fourth-order valence-electron chi connectivity index (χ4n) is 2.80. The Labute approximate surface area is 128 Å². The minimum atomic E-state index is -0.227. The molecule has 3 nitrogen and oxygen atoms in total. The molecule has 2 heterocycles. The van der Waals surface area contributed by atoms with Gasteiger partial charge in [-0.3, -0.25) is 9.69 Å². The summed E-state index contributed by atoms with van der Waals surface area (Å²) >= 11 is 6.87. The van der Waals surface area contributed by atoms with Gasteiger partial charge in [0.15, 0.2) is 0 Å². The first kappa shape index (κ1) is 14.0. The lowest BCUT2D eigenvalue weighted by molar-refractivity contribution is -0.131. The van der Waals surface area contributed by atoms with Crippen LogP contribution in [0.5, 0.6) is 0 Å². The predicted octanol–water partition coefficient (Wildman–Crippen LogP) is 2.81. The lowest BCUT2D eigenvalue weighted by Crippen LogP contribution is -2.39. The average Bonchev–Trinajstić information content (AvgIpc) is 3.12. The Hall–Kier alpha value is -0.910. The van der Waals surface area contributed by atoms with E-state index in [0.717, 1.165) is 37.3 Å². The van der Waals surface area contributed by atoms with Crippen LogP contribution in [0.15, 0.2) is 30.3 Å². The van der Waals surface area contributed by atoms with Crippen LogP contribution in [0.25, 0.3) is 0 Å².